The number of nitrogens with one attached hydrogen (secondary N) is 2. The molecule has 3 unspecified atom stereocenters. The van der Waals surface area contributed by atoms with E-state index in [0.717, 1.165) is 26.1 Å². The predicted octanol–water partition coefficient (Wildman–Crippen LogP) is 1.22. The molecule has 0 bridgehead atoms. The van der Waals surface area contributed by atoms with E-state index in [-0.39, 0.29) is 5.91 Å². The van der Waals surface area contributed by atoms with Gasteiger partial charge >= 0.3 is 0 Å². The molecule has 1 aliphatic carbocycles. The molecule has 110 valence electrons. The highest BCUT2D eigenvalue weighted by atomic mass is 16.2. The molecule has 1 amide bonds. The summed E-state index contributed by atoms with van der Waals surface area (Å²) < 4.78 is 0. The second-order valence-corrected chi connectivity index (χ2v) is 6.38. The number of likely N-dealkylation sites (tertiary alicyclic amines) is 1. The third-order valence-corrected chi connectivity index (χ3v) is 4.69. The van der Waals surface area contributed by atoms with E-state index in [4.69, 9.17) is 0 Å². The van der Waals surface area contributed by atoms with Crippen LogP contribution in [0, 0.1) is 11.8 Å². The third kappa shape index (κ3) is 4.46. The van der Waals surface area contributed by atoms with Crippen LogP contribution in [0.4, 0.5) is 0 Å². The first kappa shape index (κ1) is 14.8. The number of carbonyl (C=O) groups excluding carboxylic acids is 1. The number of amides is 1. The van der Waals surface area contributed by atoms with Gasteiger partial charge in [0.25, 0.3) is 0 Å². The Morgan fingerprint density at radius 3 is 2.79 bits per heavy atom. The fraction of sp³-hybridized carbons (Fsp3) is 0.933. The molecule has 2 fully saturated rings. The molecule has 19 heavy (non-hydrogen) atoms. The second-order valence-electron chi connectivity index (χ2n) is 6.38. The minimum Gasteiger partial charge on any atom is -0.352 e. The minimum absolute atomic E-state index is 0.226. The fourth-order valence-corrected chi connectivity index (χ4v) is 3.50. The largest absolute Gasteiger partial charge is 0.352 e. The molecule has 2 N–H and O–H groups in total. The van der Waals surface area contributed by atoms with Gasteiger partial charge in [0, 0.05) is 12.6 Å². The molecule has 1 saturated carbocycles. The highest BCUT2D eigenvalue weighted by molar-refractivity contribution is 5.78. The lowest BCUT2D eigenvalue weighted by Crippen LogP contribution is -2.45. The zero-order valence-electron chi connectivity index (χ0n) is 12.5. The van der Waals surface area contributed by atoms with Gasteiger partial charge in [-0.3, -0.25) is 9.69 Å². The van der Waals surface area contributed by atoms with Gasteiger partial charge in [0.2, 0.25) is 5.91 Å². The monoisotopic (exact) mass is 267 g/mol. The average molecular weight is 267 g/mol. The van der Waals surface area contributed by atoms with Crippen LogP contribution in [-0.2, 0) is 4.79 Å². The fourth-order valence-electron chi connectivity index (χ4n) is 3.50. The molecule has 0 aromatic rings. The first-order valence-corrected chi connectivity index (χ1v) is 7.85. The van der Waals surface area contributed by atoms with Gasteiger partial charge in [0.05, 0.1) is 6.54 Å². The van der Waals surface area contributed by atoms with Crippen LogP contribution in [0.3, 0.4) is 0 Å². The predicted molar refractivity (Wildman–Crippen MR) is 78.0 cm³/mol. The summed E-state index contributed by atoms with van der Waals surface area (Å²) in [5.41, 5.74) is 0. The van der Waals surface area contributed by atoms with Gasteiger partial charge in [0.1, 0.15) is 0 Å². The number of nitrogens with zero attached hydrogens (tertiary/aromatic N) is 1. The topological polar surface area (TPSA) is 44.4 Å². The Morgan fingerprint density at radius 1 is 1.26 bits per heavy atom. The Bertz CT molecular complexity index is 295. The summed E-state index contributed by atoms with van der Waals surface area (Å²) in [6.07, 6.45) is 6.23. The van der Waals surface area contributed by atoms with Gasteiger partial charge in [-0.25, -0.2) is 0 Å². The Balaban J connectivity index is 1.69. The summed E-state index contributed by atoms with van der Waals surface area (Å²) in [4.78, 5) is 14.4. The standard InChI is InChI=1S/C15H29N3O/c1-12-5-3-4-6-14(12)17-15(19)11-18-8-7-13(10-18)9-16-2/h12-14,16H,3-11H2,1-2H3,(H,17,19). The molecular formula is C15H29N3O. The smallest absolute Gasteiger partial charge is 0.234 e. The molecule has 1 heterocycles. The lowest BCUT2D eigenvalue weighted by atomic mass is 9.86. The quantitative estimate of drug-likeness (QED) is 0.787. The van der Waals surface area contributed by atoms with Crippen LogP contribution in [0.1, 0.15) is 39.0 Å². The van der Waals surface area contributed by atoms with E-state index in [9.17, 15) is 4.79 Å². The van der Waals surface area contributed by atoms with Crippen molar-refractivity contribution < 1.29 is 4.79 Å². The van der Waals surface area contributed by atoms with Crippen molar-refractivity contribution in [2.24, 2.45) is 11.8 Å². The molecule has 1 saturated heterocycles. The van der Waals surface area contributed by atoms with Crippen molar-refractivity contribution in [1.29, 1.82) is 0 Å². The zero-order chi connectivity index (χ0) is 13.7. The van der Waals surface area contributed by atoms with E-state index < -0.39 is 0 Å². The molecule has 2 rings (SSSR count). The molecule has 4 nitrogen and oxygen atoms in total. The summed E-state index contributed by atoms with van der Waals surface area (Å²) in [5.74, 6) is 1.59. The molecule has 0 aromatic heterocycles. The number of hydrogen-bond donors (Lipinski definition) is 2. The first-order chi connectivity index (χ1) is 9.19. The van der Waals surface area contributed by atoms with Gasteiger partial charge in [0.15, 0.2) is 0 Å². The lowest BCUT2D eigenvalue weighted by Gasteiger charge is -2.30. The summed E-state index contributed by atoms with van der Waals surface area (Å²) in [6, 6.07) is 0.414. The van der Waals surface area contributed by atoms with Crippen LogP contribution in [-0.4, -0.2) is 50.1 Å². The highest BCUT2D eigenvalue weighted by Crippen LogP contribution is 2.23. The molecule has 0 aromatic carbocycles. The average Bonchev–Trinajstić information content (AvgIpc) is 2.80. The van der Waals surface area contributed by atoms with Gasteiger partial charge < -0.3 is 10.6 Å². The maximum atomic E-state index is 12.1. The Kier molecular flexibility index (Phi) is 5.64. The van der Waals surface area contributed by atoms with Gasteiger partial charge in [-0.05, 0) is 51.2 Å². The van der Waals surface area contributed by atoms with Crippen molar-refractivity contribution >= 4 is 5.91 Å². The maximum Gasteiger partial charge on any atom is 0.234 e. The van der Waals surface area contributed by atoms with Crippen molar-refractivity contribution in [3.8, 4) is 0 Å². The number of rotatable bonds is 5. The summed E-state index contributed by atoms with van der Waals surface area (Å²) in [6.45, 7) is 6.05. The number of hydrogen-bond acceptors (Lipinski definition) is 3. The first-order valence-electron chi connectivity index (χ1n) is 7.85. The van der Waals surface area contributed by atoms with E-state index in [1.165, 1.54) is 25.7 Å². The van der Waals surface area contributed by atoms with Gasteiger partial charge in [-0.2, -0.15) is 0 Å². The SMILES string of the molecule is CNCC1CCN(CC(=O)NC2CCCCC2C)C1. The van der Waals surface area contributed by atoms with E-state index in [1.807, 2.05) is 7.05 Å². The molecule has 1 aliphatic heterocycles. The second kappa shape index (κ2) is 7.25. The van der Waals surface area contributed by atoms with Crippen LogP contribution >= 0.6 is 0 Å². The summed E-state index contributed by atoms with van der Waals surface area (Å²) in [7, 11) is 2.00. The van der Waals surface area contributed by atoms with Crippen molar-refractivity contribution in [2.45, 2.75) is 45.1 Å². The summed E-state index contributed by atoms with van der Waals surface area (Å²) in [5, 5.41) is 6.47. The van der Waals surface area contributed by atoms with Crippen molar-refractivity contribution in [3.63, 3.8) is 0 Å². The van der Waals surface area contributed by atoms with Crippen LogP contribution < -0.4 is 10.6 Å². The zero-order valence-corrected chi connectivity index (χ0v) is 12.5. The molecule has 3 atom stereocenters. The lowest BCUT2D eigenvalue weighted by molar-refractivity contribution is -0.123. The Labute approximate surface area is 117 Å². The van der Waals surface area contributed by atoms with Crippen molar-refractivity contribution in [2.75, 3.05) is 33.2 Å². The van der Waals surface area contributed by atoms with E-state index >= 15 is 0 Å². The van der Waals surface area contributed by atoms with Crippen LogP contribution in [0.2, 0.25) is 0 Å². The maximum absolute atomic E-state index is 12.1. The molecule has 0 radical (unpaired) electrons. The van der Waals surface area contributed by atoms with Crippen molar-refractivity contribution in [1.82, 2.24) is 15.5 Å². The van der Waals surface area contributed by atoms with Crippen LogP contribution in [0.15, 0.2) is 0 Å². The van der Waals surface area contributed by atoms with Crippen LogP contribution in [0.5, 0.6) is 0 Å². The normalized spacial score (nSPS) is 32.4. The molecular weight excluding hydrogens is 238 g/mol. The van der Waals surface area contributed by atoms with Crippen molar-refractivity contribution in [3.05, 3.63) is 0 Å². The minimum atomic E-state index is 0.226. The molecule has 2 aliphatic rings. The van der Waals surface area contributed by atoms with Gasteiger partial charge in [-0.1, -0.05) is 19.8 Å². The summed E-state index contributed by atoms with van der Waals surface area (Å²) >= 11 is 0. The van der Waals surface area contributed by atoms with Gasteiger partial charge in [-0.15, -0.1) is 0 Å². The Morgan fingerprint density at radius 2 is 2.05 bits per heavy atom. The molecule has 0 spiro atoms. The third-order valence-electron chi connectivity index (χ3n) is 4.69. The number of carbonyl (C=O) groups is 1. The van der Waals surface area contributed by atoms with E-state index in [2.05, 4.69) is 22.5 Å². The van der Waals surface area contributed by atoms with E-state index in [1.54, 1.807) is 0 Å². The van der Waals surface area contributed by atoms with E-state index in [0.29, 0.717) is 24.4 Å². The molecule has 4 heteroatoms. The Hall–Kier alpha value is -0.610. The van der Waals surface area contributed by atoms with Crippen LogP contribution in [0.25, 0.3) is 0 Å². The highest BCUT2D eigenvalue weighted by Gasteiger charge is 2.26.